The fraction of sp³-hybridized carbons (Fsp3) is 0.900. The van der Waals surface area contributed by atoms with Crippen molar-refractivity contribution in [2.45, 2.75) is 26.3 Å². The second-order valence-electron chi connectivity index (χ2n) is 4.17. The minimum atomic E-state index is -0.693. The molecule has 1 atom stereocenters. The molecule has 82 valence electrons. The molecule has 1 fully saturated rings. The van der Waals surface area contributed by atoms with E-state index in [0.717, 1.165) is 32.6 Å². The molecule has 1 aliphatic rings. The lowest BCUT2D eigenvalue weighted by Crippen LogP contribution is -2.46. The molecule has 4 nitrogen and oxygen atoms in total. The molecule has 1 saturated heterocycles. The second-order valence-corrected chi connectivity index (χ2v) is 4.17. The molecule has 0 aromatic carbocycles. The lowest BCUT2D eigenvalue weighted by atomic mass is 10.0. The first-order valence-electron chi connectivity index (χ1n) is 5.30. The molecule has 4 heteroatoms. The summed E-state index contributed by atoms with van der Waals surface area (Å²) in [5.74, 6) is -0.521. The largest absolute Gasteiger partial charge is 0.480 e. The normalized spacial score (nSPS) is 21.9. The average Bonchev–Trinajstić information content (AvgIpc) is 2.31. The van der Waals surface area contributed by atoms with Gasteiger partial charge in [-0.1, -0.05) is 13.8 Å². The smallest absolute Gasteiger partial charge is 0.321 e. The van der Waals surface area contributed by atoms with E-state index in [4.69, 9.17) is 5.11 Å². The van der Waals surface area contributed by atoms with Gasteiger partial charge in [0, 0.05) is 19.6 Å². The van der Waals surface area contributed by atoms with Crippen LogP contribution in [0.15, 0.2) is 0 Å². The van der Waals surface area contributed by atoms with Crippen molar-refractivity contribution in [2.24, 2.45) is 5.92 Å². The van der Waals surface area contributed by atoms with Crippen molar-refractivity contribution >= 4 is 5.97 Å². The Hall–Kier alpha value is -0.610. The first-order valence-corrected chi connectivity index (χ1v) is 5.30. The van der Waals surface area contributed by atoms with Crippen molar-refractivity contribution in [3.8, 4) is 0 Å². The van der Waals surface area contributed by atoms with Crippen LogP contribution < -0.4 is 5.32 Å². The number of hydrogen-bond acceptors (Lipinski definition) is 3. The van der Waals surface area contributed by atoms with Crippen LogP contribution in [0.2, 0.25) is 0 Å². The van der Waals surface area contributed by atoms with Crippen LogP contribution in [0.4, 0.5) is 0 Å². The number of carboxylic acids is 1. The Labute approximate surface area is 85.3 Å². The summed E-state index contributed by atoms with van der Waals surface area (Å²) >= 11 is 0. The fourth-order valence-electron chi connectivity index (χ4n) is 2.01. The van der Waals surface area contributed by atoms with Crippen molar-refractivity contribution in [2.75, 3.05) is 26.2 Å². The van der Waals surface area contributed by atoms with Gasteiger partial charge in [0.1, 0.15) is 6.04 Å². The van der Waals surface area contributed by atoms with E-state index < -0.39 is 5.97 Å². The summed E-state index contributed by atoms with van der Waals surface area (Å²) in [5.41, 5.74) is 0. The Balaban J connectivity index is 2.60. The Morgan fingerprint density at radius 2 is 2.07 bits per heavy atom. The third-order valence-corrected chi connectivity index (χ3v) is 2.65. The van der Waals surface area contributed by atoms with Gasteiger partial charge in [-0.25, -0.2) is 0 Å². The average molecular weight is 200 g/mol. The van der Waals surface area contributed by atoms with Crippen molar-refractivity contribution in [1.29, 1.82) is 0 Å². The molecule has 14 heavy (non-hydrogen) atoms. The van der Waals surface area contributed by atoms with Gasteiger partial charge in [-0.3, -0.25) is 9.69 Å². The first-order chi connectivity index (χ1) is 6.63. The molecule has 1 heterocycles. The predicted octanol–water partition coefficient (Wildman–Crippen LogP) is 0.391. The van der Waals surface area contributed by atoms with Crippen LogP contribution in [0.3, 0.4) is 0 Å². The van der Waals surface area contributed by atoms with E-state index in [1.54, 1.807) is 0 Å². The van der Waals surface area contributed by atoms with Crippen molar-refractivity contribution < 1.29 is 9.90 Å². The lowest BCUT2D eigenvalue weighted by Gasteiger charge is -2.29. The van der Waals surface area contributed by atoms with Gasteiger partial charge < -0.3 is 10.4 Å². The summed E-state index contributed by atoms with van der Waals surface area (Å²) in [6.45, 7) is 7.57. The minimum absolute atomic E-state index is 0.172. The minimum Gasteiger partial charge on any atom is -0.480 e. The van der Waals surface area contributed by atoms with E-state index >= 15 is 0 Å². The maximum Gasteiger partial charge on any atom is 0.321 e. The molecule has 2 N–H and O–H groups in total. The Morgan fingerprint density at radius 1 is 1.36 bits per heavy atom. The Kier molecular flexibility index (Phi) is 4.35. The van der Waals surface area contributed by atoms with Crippen molar-refractivity contribution in [1.82, 2.24) is 10.2 Å². The number of nitrogens with zero attached hydrogens (tertiary/aromatic N) is 1. The van der Waals surface area contributed by atoms with Crippen LogP contribution in [0.1, 0.15) is 20.3 Å². The van der Waals surface area contributed by atoms with Crippen LogP contribution in [0.5, 0.6) is 0 Å². The zero-order chi connectivity index (χ0) is 10.6. The lowest BCUT2D eigenvalue weighted by molar-refractivity contribution is -0.145. The molecule has 0 aromatic rings. The summed E-state index contributed by atoms with van der Waals surface area (Å²) in [7, 11) is 0. The molecule has 0 bridgehead atoms. The van der Waals surface area contributed by atoms with Crippen LogP contribution in [0.25, 0.3) is 0 Å². The second kappa shape index (κ2) is 5.32. The van der Waals surface area contributed by atoms with Gasteiger partial charge in [0.25, 0.3) is 0 Å². The summed E-state index contributed by atoms with van der Waals surface area (Å²) in [6, 6.07) is -0.324. The summed E-state index contributed by atoms with van der Waals surface area (Å²) < 4.78 is 0. The van der Waals surface area contributed by atoms with Gasteiger partial charge in [0.2, 0.25) is 0 Å². The van der Waals surface area contributed by atoms with Gasteiger partial charge in [-0.2, -0.15) is 0 Å². The molecule has 0 radical (unpaired) electrons. The van der Waals surface area contributed by atoms with Crippen LogP contribution >= 0.6 is 0 Å². The maximum absolute atomic E-state index is 11.1. The number of rotatable bonds is 3. The van der Waals surface area contributed by atoms with E-state index in [1.165, 1.54) is 0 Å². The summed E-state index contributed by atoms with van der Waals surface area (Å²) in [5, 5.41) is 12.4. The topological polar surface area (TPSA) is 52.6 Å². The highest BCUT2D eigenvalue weighted by Gasteiger charge is 2.28. The number of nitrogens with one attached hydrogen (secondary N) is 1. The van der Waals surface area contributed by atoms with E-state index in [0.29, 0.717) is 0 Å². The molecule has 0 aromatic heterocycles. The molecule has 1 unspecified atom stereocenters. The van der Waals surface area contributed by atoms with Gasteiger partial charge in [-0.15, -0.1) is 0 Å². The van der Waals surface area contributed by atoms with E-state index in [1.807, 2.05) is 13.8 Å². The van der Waals surface area contributed by atoms with E-state index in [2.05, 4.69) is 10.2 Å². The molecule has 1 rings (SSSR count). The molecular formula is C10H20N2O2. The molecule has 0 amide bonds. The molecule has 0 spiro atoms. The van der Waals surface area contributed by atoms with Crippen LogP contribution in [-0.4, -0.2) is 48.2 Å². The predicted molar refractivity (Wildman–Crippen MR) is 55.3 cm³/mol. The van der Waals surface area contributed by atoms with Crippen LogP contribution in [0, 0.1) is 5.92 Å². The number of hydrogen-bond donors (Lipinski definition) is 2. The quantitative estimate of drug-likeness (QED) is 0.692. The SMILES string of the molecule is CC(C)C(C(=O)O)N1CCCNCC1. The van der Waals surface area contributed by atoms with Gasteiger partial charge in [0.05, 0.1) is 0 Å². The zero-order valence-electron chi connectivity index (χ0n) is 8.99. The van der Waals surface area contributed by atoms with Crippen molar-refractivity contribution in [3.63, 3.8) is 0 Å². The van der Waals surface area contributed by atoms with Crippen molar-refractivity contribution in [3.05, 3.63) is 0 Å². The third-order valence-electron chi connectivity index (χ3n) is 2.65. The Morgan fingerprint density at radius 3 is 2.64 bits per heavy atom. The summed E-state index contributed by atoms with van der Waals surface area (Å²) in [4.78, 5) is 13.2. The molecule has 0 aliphatic carbocycles. The summed E-state index contributed by atoms with van der Waals surface area (Å²) in [6.07, 6.45) is 1.04. The number of carboxylic acid groups (broad SMARTS) is 1. The number of aliphatic carboxylic acids is 1. The monoisotopic (exact) mass is 200 g/mol. The van der Waals surface area contributed by atoms with Gasteiger partial charge in [-0.05, 0) is 18.9 Å². The zero-order valence-corrected chi connectivity index (χ0v) is 8.99. The standard InChI is InChI=1S/C10H20N2O2/c1-8(2)9(10(13)14)12-6-3-4-11-5-7-12/h8-9,11H,3-7H2,1-2H3,(H,13,14). The fourth-order valence-corrected chi connectivity index (χ4v) is 2.01. The molecule has 1 aliphatic heterocycles. The van der Waals surface area contributed by atoms with Crippen LogP contribution in [-0.2, 0) is 4.79 Å². The highest BCUT2D eigenvalue weighted by Crippen LogP contribution is 2.12. The highest BCUT2D eigenvalue weighted by molar-refractivity contribution is 5.73. The van der Waals surface area contributed by atoms with E-state index in [-0.39, 0.29) is 12.0 Å². The Bertz CT molecular complexity index is 187. The van der Waals surface area contributed by atoms with Gasteiger partial charge >= 0.3 is 5.97 Å². The molecule has 0 saturated carbocycles. The van der Waals surface area contributed by atoms with Gasteiger partial charge in [0.15, 0.2) is 0 Å². The number of carbonyl (C=O) groups is 1. The first kappa shape index (κ1) is 11.5. The highest BCUT2D eigenvalue weighted by atomic mass is 16.4. The third kappa shape index (κ3) is 2.96. The maximum atomic E-state index is 11.1. The van der Waals surface area contributed by atoms with E-state index in [9.17, 15) is 4.79 Å². The molecular weight excluding hydrogens is 180 g/mol.